The van der Waals surface area contributed by atoms with Crippen molar-refractivity contribution in [2.75, 3.05) is 44.2 Å². The Morgan fingerprint density at radius 3 is 2.32 bits per heavy atom. The minimum atomic E-state index is -3.89. The van der Waals surface area contributed by atoms with E-state index in [0.717, 1.165) is 16.6 Å². The van der Waals surface area contributed by atoms with Gasteiger partial charge in [0.2, 0.25) is 10.0 Å². The number of amides is 1. The van der Waals surface area contributed by atoms with Gasteiger partial charge < -0.3 is 9.80 Å². The van der Waals surface area contributed by atoms with E-state index in [4.69, 9.17) is 11.6 Å². The van der Waals surface area contributed by atoms with E-state index in [1.807, 2.05) is 23.1 Å². The minimum Gasteiger partial charge on any atom is -0.369 e. The van der Waals surface area contributed by atoms with E-state index in [9.17, 15) is 17.6 Å². The lowest BCUT2D eigenvalue weighted by molar-refractivity contribution is 0.0500. The Balaban J connectivity index is 1.24. The van der Waals surface area contributed by atoms with Gasteiger partial charge in [-0.2, -0.15) is 4.31 Å². The lowest BCUT2D eigenvalue weighted by atomic mass is 9.91. The molecule has 0 saturated carbocycles. The van der Waals surface area contributed by atoms with Gasteiger partial charge in [0.25, 0.3) is 5.91 Å². The Kier molecular flexibility index (Phi) is 7.58. The maximum Gasteiger partial charge on any atom is 0.253 e. The van der Waals surface area contributed by atoms with Crippen molar-refractivity contribution in [1.82, 2.24) is 9.21 Å². The van der Waals surface area contributed by atoms with Gasteiger partial charge in [-0.3, -0.25) is 4.79 Å². The summed E-state index contributed by atoms with van der Waals surface area (Å²) in [5.41, 5.74) is 2.36. The predicted molar refractivity (Wildman–Crippen MR) is 146 cm³/mol. The van der Waals surface area contributed by atoms with Crippen LogP contribution >= 0.6 is 27.5 Å². The molecule has 0 spiro atoms. The summed E-state index contributed by atoms with van der Waals surface area (Å²) in [4.78, 5) is 16.8. The fourth-order valence-corrected chi connectivity index (χ4v) is 7.20. The quantitative estimate of drug-likeness (QED) is 0.393. The molecule has 0 unspecified atom stereocenters. The number of halogens is 3. The molecule has 1 amide bonds. The van der Waals surface area contributed by atoms with Crippen molar-refractivity contribution in [1.29, 1.82) is 0 Å². The molecule has 2 heterocycles. The first-order valence-electron chi connectivity index (χ1n) is 12.1. The van der Waals surface area contributed by atoms with Gasteiger partial charge >= 0.3 is 0 Å². The second kappa shape index (κ2) is 10.7. The van der Waals surface area contributed by atoms with Crippen LogP contribution in [0.15, 0.2) is 76.1 Å². The predicted octanol–water partition coefficient (Wildman–Crippen LogP) is 5.07. The van der Waals surface area contributed by atoms with Gasteiger partial charge in [0.05, 0.1) is 5.02 Å². The summed E-state index contributed by atoms with van der Waals surface area (Å²) >= 11 is 9.89. The summed E-state index contributed by atoms with van der Waals surface area (Å²) in [6.45, 7) is 2.70. The molecular weight excluding hydrogens is 581 g/mol. The average Bonchev–Trinajstić information content (AvgIpc) is 2.87. The molecule has 37 heavy (non-hydrogen) atoms. The first-order chi connectivity index (χ1) is 17.7. The summed E-state index contributed by atoms with van der Waals surface area (Å²) in [5.74, 6) is -0.153. The van der Waals surface area contributed by atoms with Gasteiger partial charge in [-0.15, -0.1) is 0 Å². The standard InChI is InChI=1S/C27H26BrClFN3O3S/c28-24-4-2-1-3-20(24)15-19-17-32(18-19)27(34)21-5-10-25(29)26(16-21)37(35,36)33-13-11-31(12-14-33)23-8-6-22(30)7-9-23/h1-10,16,19H,11-15,17-18H2. The molecule has 2 aliphatic rings. The van der Waals surface area contributed by atoms with Crippen LogP contribution in [-0.4, -0.2) is 62.8 Å². The van der Waals surface area contributed by atoms with E-state index in [1.165, 1.54) is 34.1 Å². The number of likely N-dealkylation sites (tertiary alicyclic amines) is 1. The van der Waals surface area contributed by atoms with Crippen LogP contribution in [0, 0.1) is 11.7 Å². The third kappa shape index (κ3) is 5.55. The number of nitrogens with zero attached hydrogens (tertiary/aromatic N) is 3. The minimum absolute atomic E-state index is 0.0551. The molecule has 0 aliphatic carbocycles. The fourth-order valence-electron chi connectivity index (χ4n) is 4.83. The molecule has 0 N–H and O–H groups in total. The molecule has 5 rings (SSSR count). The van der Waals surface area contributed by atoms with Crippen LogP contribution in [0.4, 0.5) is 10.1 Å². The van der Waals surface area contributed by atoms with Crippen molar-refractivity contribution in [2.24, 2.45) is 5.92 Å². The van der Waals surface area contributed by atoms with Gasteiger partial charge in [0.1, 0.15) is 10.7 Å². The number of hydrogen-bond acceptors (Lipinski definition) is 4. The highest BCUT2D eigenvalue weighted by Gasteiger charge is 2.34. The smallest absolute Gasteiger partial charge is 0.253 e. The summed E-state index contributed by atoms with van der Waals surface area (Å²) in [6.07, 6.45) is 0.870. The van der Waals surface area contributed by atoms with Crippen molar-refractivity contribution in [2.45, 2.75) is 11.3 Å². The zero-order valence-electron chi connectivity index (χ0n) is 20.0. The molecule has 0 bridgehead atoms. The highest BCUT2D eigenvalue weighted by molar-refractivity contribution is 9.10. The average molecular weight is 607 g/mol. The molecule has 2 fully saturated rings. The van der Waals surface area contributed by atoms with E-state index in [2.05, 4.69) is 22.0 Å². The molecule has 194 valence electrons. The fraction of sp³-hybridized carbons (Fsp3) is 0.296. The Morgan fingerprint density at radius 1 is 0.973 bits per heavy atom. The third-order valence-corrected chi connectivity index (χ3v) is 10.1. The van der Waals surface area contributed by atoms with Crippen LogP contribution in [-0.2, 0) is 16.4 Å². The SMILES string of the molecule is O=C(c1ccc(Cl)c(S(=O)(=O)N2CCN(c3ccc(F)cc3)CC2)c1)N1CC(Cc2ccccc2Br)C1. The normalized spacial score (nSPS) is 17.1. The number of anilines is 1. The van der Waals surface area contributed by atoms with Gasteiger partial charge in [0.15, 0.2) is 0 Å². The second-order valence-electron chi connectivity index (χ2n) is 9.38. The van der Waals surface area contributed by atoms with Crippen LogP contribution in [0.2, 0.25) is 5.02 Å². The van der Waals surface area contributed by atoms with Gasteiger partial charge in [-0.05, 0) is 66.4 Å². The first-order valence-corrected chi connectivity index (χ1v) is 14.7. The maximum absolute atomic E-state index is 13.5. The number of hydrogen-bond donors (Lipinski definition) is 0. The molecule has 6 nitrogen and oxygen atoms in total. The molecule has 3 aromatic carbocycles. The van der Waals surface area contributed by atoms with E-state index < -0.39 is 10.0 Å². The van der Waals surface area contributed by atoms with Crippen LogP contribution in [0.3, 0.4) is 0 Å². The van der Waals surface area contributed by atoms with Crippen molar-refractivity contribution in [3.05, 3.63) is 93.2 Å². The number of sulfonamides is 1. The topological polar surface area (TPSA) is 60.9 Å². The maximum atomic E-state index is 13.5. The molecule has 3 aromatic rings. The zero-order valence-corrected chi connectivity index (χ0v) is 23.1. The Bertz CT molecular complexity index is 1410. The Hall–Kier alpha value is -2.46. The van der Waals surface area contributed by atoms with Gasteiger partial charge in [-0.25, -0.2) is 12.8 Å². The number of rotatable bonds is 6. The van der Waals surface area contributed by atoms with E-state index in [-0.39, 0.29) is 34.7 Å². The highest BCUT2D eigenvalue weighted by Crippen LogP contribution is 2.30. The van der Waals surface area contributed by atoms with Crippen LogP contribution < -0.4 is 4.90 Å². The summed E-state index contributed by atoms with van der Waals surface area (Å²) in [5, 5.41) is 0.0907. The van der Waals surface area contributed by atoms with E-state index in [1.54, 1.807) is 23.1 Å². The molecule has 10 heteroatoms. The molecule has 0 radical (unpaired) electrons. The number of carbonyl (C=O) groups excluding carboxylic acids is 1. The van der Waals surface area contributed by atoms with Crippen LogP contribution in [0.25, 0.3) is 0 Å². The van der Waals surface area contributed by atoms with E-state index >= 15 is 0 Å². The van der Waals surface area contributed by atoms with Gasteiger partial charge in [0, 0.05) is 55.0 Å². The second-order valence-corrected chi connectivity index (χ2v) is 12.6. The van der Waals surface area contributed by atoms with Crippen molar-refractivity contribution < 1.29 is 17.6 Å². The summed E-state index contributed by atoms with van der Waals surface area (Å²) < 4.78 is 42.6. The largest absolute Gasteiger partial charge is 0.369 e. The molecule has 2 saturated heterocycles. The van der Waals surface area contributed by atoms with Gasteiger partial charge in [-0.1, -0.05) is 45.7 Å². The van der Waals surface area contributed by atoms with Crippen LogP contribution in [0.5, 0.6) is 0 Å². The first kappa shape index (κ1) is 26.2. The third-order valence-electron chi connectivity index (χ3n) is 6.94. The summed E-state index contributed by atoms with van der Waals surface area (Å²) in [6, 6.07) is 18.7. The van der Waals surface area contributed by atoms with Crippen molar-refractivity contribution >= 4 is 49.1 Å². The molecule has 2 aliphatic heterocycles. The number of carbonyl (C=O) groups is 1. The molecule has 0 aromatic heterocycles. The lowest BCUT2D eigenvalue weighted by Crippen LogP contribution is -2.50. The summed E-state index contributed by atoms with van der Waals surface area (Å²) in [7, 11) is -3.89. The van der Waals surface area contributed by atoms with Crippen LogP contribution in [0.1, 0.15) is 15.9 Å². The number of benzene rings is 3. The molecular formula is C27H26BrClFN3O3S. The number of piperazine rings is 1. The van der Waals surface area contributed by atoms with Crippen molar-refractivity contribution in [3.63, 3.8) is 0 Å². The molecule has 0 atom stereocenters. The highest BCUT2D eigenvalue weighted by atomic mass is 79.9. The lowest BCUT2D eigenvalue weighted by Gasteiger charge is -2.39. The monoisotopic (exact) mass is 605 g/mol. The van der Waals surface area contributed by atoms with E-state index in [0.29, 0.717) is 37.7 Å². The van der Waals surface area contributed by atoms with Crippen molar-refractivity contribution in [3.8, 4) is 0 Å². The Morgan fingerprint density at radius 2 is 1.65 bits per heavy atom. The zero-order chi connectivity index (χ0) is 26.2. The Labute approximate surface area is 229 Å².